The number of morpholine rings is 1. The van der Waals surface area contributed by atoms with Gasteiger partial charge in [0.1, 0.15) is 0 Å². The van der Waals surface area contributed by atoms with Gasteiger partial charge in [-0.25, -0.2) is 0 Å². The summed E-state index contributed by atoms with van der Waals surface area (Å²) in [6, 6.07) is 3.29. The molecule has 1 aromatic carbocycles. The van der Waals surface area contributed by atoms with Gasteiger partial charge in [0.15, 0.2) is 0 Å². The van der Waals surface area contributed by atoms with Crippen LogP contribution >= 0.6 is 0 Å². The number of amides is 1. The van der Waals surface area contributed by atoms with Crippen LogP contribution in [-0.2, 0) is 4.74 Å². The standard InChI is InChI=1S/C21H29F3N4O2/c1-26-18-9-19(28-10-14-6-7-15(11-28)30-14)16(8-17(18)25)20(29)27-13-4-2-12(3-5-13)21(22,23)24/h8-9,12-15,26H,2-7,10-11,25H2,1H3,(H,27,29). The average molecular weight is 426 g/mol. The van der Waals surface area contributed by atoms with Crippen molar-refractivity contribution in [3.63, 3.8) is 0 Å². The topological polar surface area (TPSA) is 79.6 Å². The van der Waals surface area contributed by atoms with Crippen LogP contribution in [0.5, 0.6) is 0 Å². The van der Waals surface area contributed by atoms with Gasteiger partial charge >= 0.3 is 6.18 Å². The van der Waals surface area contributed by atoms with Crippen LogP contribution in [0.3, 0.4) is 0 Å². The quantitative estimate of drug-likeness (QED) is 0.642. The van der Waals surface area contributed by atoms with Gasteiger partial charge in [-0.05, 0) is 50.7 Å². The molecule has 30 heavy (non-hydrogen) atoms. The smallest absolute Gasteiger partial charge is 0.391 e. The molecule has 1 amide bonds. The van der Waals surface area contributed by atoms with Gasteiger partial charge in [-0.3, -0.25) is 4.79 Å². The summed E-state index contributed by atoms with van der Waals surface area (Å²) in [4.78, 5) is 15.3. The zero-order chi connectivity index (χ0) is 21.5. The van der Waals surface area contributed by atoms with E-state index in [0.717, 1.165) is 24.2 Å². The summed E-state index contributed by atoms with van der Waals surface area (Å²) in [5.74, 6) is -1.55. The molecule has 1 aliphatic carbocycles. The van der Waals surface area contributed by atoms with Crippen molar-refractivity contribution >= 4 is 23.0 Å². The molecule has 2 saturated heterocycles. The molecule has 0 aromatic heterocycles. The number of nitrogens with zero attached hydrogens (tertiary/aromatic N) is 1. The van der Waals surface area contributed by atoms with E-state index >= 15 is 0 Å². The van der Waals surface area contributed by atoms with Crippen molar-refractivity contribution in [2.45, 2.75) is 63.0 Å². The molecular weight excluding hydrogens is 397 g/mol. The van der Waals surface area contributed by atoms with Crippen molar-refractivity contribution < 1.29 is 22.7 Å². The maximum atomic E-state index is 13.1. The summed E-state index contributed by atoms with van der Waals surface area (Å²) >= 11 is 0. The third kappa shape index (κ3) is 4.31. The number of rotatable bonds is 4. The van der Waals surface area contributed by atoms with Gasteiger partial charge in [-0.15, -0.1) is 0 Å². The second-order valence-electron chi connectivity index (χ2n) is 8.63. The number of fused-ring (bicyclic) bond motifs is 2. The molecule has 2 atom stereocenters. The van der Waals surface area contributed by atoms with Crippen LogP contribution in [0.2, 0.25) is 0 Å². The van der Waals surface area contributed by atoms with Crippen LogP contribution in [0.1, 0.15) is 48.9 Å². The first-order chi connectivity index (χ1) is 14.2. The molecule has 2 unspecified atom stereocenters. The summed E-state index contributed by atoms with van der Waals surface area (Å²) in [7, 11) is 1.78. The van der Waals surface area contributed by atoms with Crippen LogP contribution in [0.25, 0.3) is 0 Å². The largest absolute Gasteiger partial charge is 0.397 e. The SMILES string of the molecule is CNc1cc(N2CC3CCC(C2)O3)c(C(=O)NC2CCC(C(F)(F)F)CC2)cc1N. The maximum absolute atomic E-state index is 13.1. The third-order valence-corrected chi connectivity index (χ3v) is 6.59. The minimum Gasteiger partial charge on any atom is -0.397 e. The lowest BCUT2D eigenvalue weighted by atomic mass is 9.85. The van der Waals surface area contributed by atoms with E-state index in [4.69, 9.17) is 10.5 Å². The number of carbonyl (C=O) groups excluding carboxylic acids is 1. The fourth-order valence-electron chi connectivity index (χ4n) is 4.90. The van der Waals surface area contributed by atoms with Crippen LogP contribution in [0.4, 0.5) is 30.2 Å². The number of hydrogen-bond donors (Lipinski definition) is 3. The fourth-order valence-corrected chi connectivity index (χ4v) is 4.90. The highest BCUT2D eigenvalue weighted by Crippen LogP contribution is 2.38. The van der Waals surface area contributed by atoms with Crippen LogP contribution < -0.4 is 21.3 Å². The summed E-state index contributed by atoms with van der Waals surface area (Å²) < 4.78 is 44.7. The number of anilines is 3. The monoisotopic (exact) mass is 426 g/mol. The van der Waals surface area contributed by atoms with Gasteiger partial charge in [0.25, 0.3) is 5.91 Å². The van der Waals surface area contributed by atoms with Gasteiger partial charge in [-0.1, -0.05) is 0 Å². The third-order valence-electron chi connectivity index (χ3n) is 6.59. The number of hydrogen-bond acceptors (Lipinski definition) is 5. The van der Waals surface area contributed by atoms with E-state index in [9.17, 15) is 18.0 Å². The zero-order valence-electron chi connectivity index (χ0n) is 17.1. The molecule has 0 spiro atoms. The Balaban J connectivity index is 1.51. The predicted octanol–water partition coefficient (Wildman–Crippen LogP) is 3.53. The van der Waals surface area contributed by atoms with Gasteiger partial charge in [0, 0.05) is 26.2 Å². The van der Waals surface area contributed by atoms with Crippen molar-refractivity contribution in [2.75, 3.05) is 36.1 Å². The Morgan fingerprint density at radius 1 is 1.10 bits per heavy atom. The number of alkyl halides is 3. The molecule has 1 saturated carbocycles. The van der Waals surface area contributed by atoms with E-state index in [1.165, 1.54) is 0 Å². The number of halogens is 3. The molecular formula is C21H29F3N4O2. The van der Waals surface area contributed by atoms with Crippen molar-refractivity contribution in [1.82, 2.24) is 5.32 Å². The number of nitrogen functional groups attached to an aromatic ring is 1. The van der Waals surface area contributed by atoms with Gasteiger partial charge in [-0.2, -0.15) is 13.2 Å². The van der Waals surface area contributed by atoms with Crippen LogP contribution in [0.15, 0.2) is 12.1 Å². The van der Waals surface area contributed by atoms with Gasteiger partial charge < -0.3 is 26.0 Å². The molecule has 3 fully saturated rings. The van der Waals surface area contributed by atoms with Crippen molar-refractivity contribution in [1.29, 1.82) is 0 Å². The normalized spacial score (nSPS) is 29.0. The number of nitrogens with one attached hydrogen (secondary N) is 2. The van der Waals surface area contributed by atoms with Gasteiger partial charge in [0.05, 0.1) is 40.8 Å². The zero-order valence-corrected chi connectivity index (χ0v) is 17.1. The van der Waals surface area contributed by atoms with Crippen LogP contribution in [-0.4, -0.2) is 50.5 Å². The van der Waals surface area contributed by atoms with Crippen molar-refractivity contribution in [3.05, 3.63) is 17.7 Å². The van der Waals surface area contributed by atoms with E-state index < -0.39 is 12.1 Å². The van der Waals surface area contributed by atoms with E-state index in [2.05, 4.69) is 15.5 Å². The van der Waals surface area contributed by atoms with E-state index in [0.29, 0.717) is 37.2 Å². The number of benzene rings is 1. The minimum atomic E-state index is -4.16. The van der Waals surface area contributed by atoms with Crippen molar-refractivity contribution in [2.24, 2.45) is 5.92 Å². The highest BCUT2D eigenvalue weighted by atomic mass is 19.4. The lowest BCUT2D eigenvalue weighted by molar-refractivity contribution is -0.182. The molecule has 1 aromatic rings. The molecule has 3 aliphatic rings. The fraction of sp³-hybridized carbons (Fsp3) is 0.667. The molecule has 4 rings (SSSR count). The van der Waals surface area contributed by atoms with Gasteiger partial charge in [0.2, 0.25) is 0 Å². The highest BCUT2D eigenvalue weighted by Gasteiger charge is 2.42. The molecule has 2 heterocycles. The Hall–Kier alpha value is -2.16. The summed E-state index contributed by atoms with van der Waals surface area (Å²) in [6.07, 6.45) is -1.05. The second-order valence-corrected chi connectivity index (χ2v) is 8.63. The van der Waals surface area contributed by atoms with E-state index in [-0.39, 0.29) is 37.0 Å². The first-order valence-corrected chi connectivity index (χ1v) is 10.6. The Labute approximate surface area is 174 Å². The first kappa shape index (κ1) is 21.1. The lowest BCUT2D eigenvalue weighted by Gasteiger charge is -2.35. The Bertz CT molecular complexity index is 781. The minimum absolute atomic E-state index is 0.0506. The Morgan fingerprint density at radius 2 is 1.73 bits per heavy atom. The number of carbonyl (C=O) groups is 1. The van der Waals surface area contributed by atoms with Crippen molar-refractivity contribution in [3.8, 4) is 0 Å². The maximum Gasteiger partial charge on any atom is 0.391 e. The molecule has 166 valence electrons. The molecule has 2 bridgehead atoms. The molecule has 6 nitrogen and oxygen atoms in total. The first-order valence-electron chi connectivity index (χ1n) is 10.6. The van der Waals surface area contributed by atoms with Crippen LogP contribution in [0, 0.1) is 5.92 Å². The summed E-state index contributed by atoms with van der Waals surface area (Å²) in [6.45, 7) is 1.42. The molecule has 9 heteroatoms. The molecule has 2 aliphatic heterocycles. The molecule has 0 radical (unpaired) electrons. The second kappa shape index (κ2) is 8.17. The van der Waals surface area contributed by atoms with E-state index in [1.807, 2.05) is 6.07 Å². The lowest BCUT2D eigenvalue weighted by Crippen LogP contribution is -2.44. The Morgan fingerprint density at radius 3 is 2.30 bits per heavy atom. The highest BCUT2D eigenvalue weighted by molar-refractivity contribution is 6.02. The molecule has 4 N–H and O–H groups in total. The average Bonchev–Trinajstić information content (AvgIpc) is 3.05. The van der Waals surface area contributed by atoms with E-state index in [1.54, 1.807) is 13.1 Å². The summed E-state index contributed by atoms with van der Waals surface area (Å²) in [5, 5.41) is 6.01. The number of ether oxygens (including phenoxy) is 1. The Kier molecular flexibility index (Phi) is 5.74. The number of nitrogens with two attached hydrogens (primary N) is 1. The predicted molar refractivity (Wildman–Crippen MR) is 110 cm³/mol. The summed E-state index contributed by atoms with van der Waals surface area (Å²) in [5.41, 5.74) is 8.58.